The van der Waals surface area contributed by atoms with Gasteiger partial charge in [-0.05, 0) is 61.1 Å². The number of amides is 2. The van der Waals surface area contributed by atoms with Crippen LogP contribution in [0.3, 0.4) is 0 Å². The number of hydrogen-bond donors (Lipinski definition) is 0. The van der Waals surface area contributed by atoms with E-state index in [4.69, 9.17) is 27.9 Å². The summed E-state index contributed by atoms with van der Waals surface area (Å²) in [6.07, 6.45) is 3.17. The minimum Gasteiger partial charge on any atom is -0.361 e. The third-order valence-corrected chi connectivity index (χ3v) is 9.89. The monoisotopic (exact) mass is 544 g/mol. The van der Waals surface area contributed by atoms with Crippen LogP contribution in [0, 0.1) is 5.92 Å². The first kappa shape index (κ1) is 25.8. The van der Waals surface area contributed by atoms with E-state index in [1.165, 1.54) is 0 Å². The molecule has 1 spiro atoms. The standard InChI is InChI=1S/C28H34Cl2N2O3Si/c1-36(2,3)14-13-35-18-31-25-16-22(30)9-10-24(25)28(27(31)34)23(20-5-4-6-21(29)15-20)11-12-26(33)32(28)17-19-7-8-19/h4-6,9-10,15-16,19,23H,7-8,11-14,17-18H2,1-3H3/t23-,28+/m0/s1. The van der Waals surface area contributed by atoms with Gasteiger partial charge in [-0.25, -0.2) is 0 Å². The average molecular weight is 546 g/mol. The fourth-order valence-electron chi connectivity index (χ4n) is 5.67. The third kappa shape index (κ3) is 4.73. The number of fused-ring (bicyclic) bond motifs is 2. The van der Waals surface area contributed by atoms with Gasteiger partial charge in [-0.3, -0.25) is 14.5 Å². The lowest BCUT2D eigenvalue weighted by molar-refractivity contribution is -0.154. The van der Waals surface area contributed by atoms with Crippen molar-refractivity contribution in [3.8, 4) is 0 Å². The first-order valence-corrected chi connectivity index (χ1v) is 17.3. The molecule has 2 aromatic rings. The predicted molar refractivity (Wildman–Crippen MR) is 147 cm³/mol. The van der Waals surface area contributed by atoms with Gasteiger partial charge in [-0.2, -0.15) is 0 Å². The molecule has 2 aliphatic heterocycles. The third-order valence-electron chi connectivity index (χ3n) is 7.72. The Labute approximate surface area is 224 Å². The number of likely N-dealkylation sites (tertiary alicyclic amines) is 1. The van der Waals surface area contributed by atoms with Crippen molar-refractivity contribution >= 4 is 48.8 Å². The number of halogens is 2. The van der Waals surface area contributed by atoms with Gasteiger partial charge in [0.05, 0.1) is 5.69 Å². The van der Waals surface area contributed by atoms with Gasteiger partial charge in [0.1, 0.15) is 6.73 Å². The SMILES string of the molecule is C[Si](C)(C)CCOCN1C(=O)[C@]2(c3ccc(Cl)cc31)[C@H](c1cccc(Cl)c1)CCC(=O)N2CC1CC1. The van der Waals surface area contributed by atoms with Crippen LogP contribution < -0.4 is 4.90 Å². The summed E-state index contributed by atoms with van der Waals surface area (Å²) in [5.74, 6) is 0.156. The van der Waals surface area contributed by atoms with Crippen molar-refractivity contribution in [3.63, 3.8) is 0 Å². The molecule has 2 aromatic carbocycles. The summed E-state index contributed by atoms with van der Waals surface area (Å²) >= 11 is 12.9. The molecule has 0 N–H and O–H groups in total. The molecule has 1 aliphatic carbocycles. The molecule has 0 radical (unpaired) electrons. The molecule has 2 atom stereocenters. The second-order valence-electron chi connectivity index (χ2n) is 11.6. The maximum atomic E-state index is 14.7. The van der Waals surface area contributed by atoms with Gasteiger partial charge in [0.25, 0.3) is 5.91 Å². The summed E-state index contributed by atoms with van der Waals surface area (Å²) < 4.78 is 6.08. The second kappa shape index (κ2) is 9.79. The van der Waals surface area contributed by atoms with E-state index in [1.807, 2.05) is 47.4 Å². The molecule has 3 aliphatic rings. The highest BCUT2D eigenvalue weighted by Crippen LogP contribution is 2.57. The Morgan fingerprint density at radius 2 is 1.78 bits per heavy atom. The van der Waals surface area contributed by atoms with Gasteiger partial charge >= 0.3 is 0 Å². The molecule has 36 heavy (non-hydrogen) atoms. The van der Waals surface area contributed by atoms with E-state index in [-0.39, 0.29) is 24.5 Å². The van der Waals surface area contributed by atoms with Crippen LogP contribution in [0.15, 0.2) is 42.5 Å². The van der Waals surface area contributed by atoms with E-state index in [9.17, 15) is 9.59 Å². The lowest BCUT2D eigenvalue weighted by Gasteiger charge is -2.49. The molecule has 0 aromatic heterocycles. The summed E-state index contributed by atoms with van der Waals surface area (Å²) in [4.78, 5) is 31.8. The van der Waals surface area contributed by atoms with Gasteiger partial charge in [-0.1, -0.05) is 61.0 Å². The minimum absolute atomic E-state index is 0.0379. The first-order chi connectivity index (χ1) is 17.1. The number of hydrogen-bond acceptors (Lipinski definition) is 3. The fraction of sp³-hybridized carbons (Fsp3) is 0.500. The van der Waals surface area contributed by atoms with Crippen molar-refractivity contribution in [2.75, 3.05) is 24.8 Å². The van der Waals surface area contributed by atoms with Crippen LogP contribution in [0.25, 0.3) is 0 Å². The number of carbonyl (C=O) groups is 2. The Balaban J connectivity index is 1.61. The second-order valence-corrected chi connectivity index (χ2v) is 18.1. The number of carbonyl (C=O) groups excluding carboxylic acids is 2. The quantitative estimate of drug-likeness (QED) is 0.275. The Morgan fingerprint density at radius 3 is 2.47 bits per heavy atom. The number of anilines is 1. The lowest BCUT2D eigenvalue weighted by Crippen LogP contribution is -2.61. The molecule has 2 amide bonds. The molecule has 2 heterocycles. The van der Waals surface area contributed by atoms with Crippen LogP contribution in [0.5, 0.6) is 0 Å². The molecular weight excluding hydrogens is 511 g/mol. The Kier molecular flexibility index (Phi) is 7.01. The fourth-order valence-corrected chi connectivity index (χ4v) is 6.79. The number of nitrogens with zero attached hydrogens (tertiary/aromatic N) is 2. The maximum Gasteiger partial charge on any atom is 0.260 e. The Bertz CT molecular complexity index is 1180. The highest BCUT2D eigenvalue weighted by molar-refractivity contribution is 6.76. The van der Waals surface area contributed by atoms with E-state index in [1.54, 1.807) is 4.90 Å². The van der Waals surface area contributed by atoms with Crippen LogP contribution >= 0.6 is 23.2 Å². The van der Waals surface area contributed by atoms with Gasteiger partial charge in [0, 0.05) is 49.2 Å². The Hall–Kier alpha value is -1.86. The van der Waals surface area contributed by atoms with Crippen LogP contribution in [0.4, 0.5) is 5.69 Å². The zero-order valence-electron chi connectivity index (χ0n) is 21.2. The van der Waals surface area contributed by atoms with Gasteiger partial charge in [0.2, 0.25) is 5.91 Å². The van der Waals surface area contributed by atoms with Crippen LogP contribution in [0.1, 0.15) is 42.7 Å². The van der Waals surface area contributed by atoms with E-state index in [2.05, 4.69) is 19.6 Å². The van der Waals surface area contributed by atoms with Crippen molar-refractivity contribution in [1.82, 2.24) is 4.90 Å². The van der Waals surface area contributed by atoms with E-state index in [0.29, 0.717) is 42.0 Å². The van der Waals surface area contributed by atoms with Crippen molar-refractivity contribution < 1.29 is 14.3 Å². The molecule has 5 rings (SSSR count). The molecule has 0 bridgehead atoms. The molecule has 8 heteroatoms. The molecule has 192 valence electrons. The summed E-state index contributed by atoms with van der Waals surface area (Å²) in [7, 11) is -1.28. The van der Waals surface area contributed by atoms with Gasteiger partial charge in [-0.15, -0.1) is 0 Å². The smallest absolute Gasteiger partial charge is 0.260 e. The van der Waals surface area contributed by atoms with Gasteiger partial charge < -0.3 is 9.64 Å². The zero-order valence-corrected chi connectivity index (χ0v) is 23.7. The summed E-state index contributed by atoms with van der Waals surface area (Å²) in [5.41, 5.74) is 1.42. The molecule has 1 saturated heterocycles. The highest BCUT2D eigenvalue weighted by atomic mass is 35.5. The molecule has 5 nitrogen and oxygen atoms in total. The Morgan fingerprint density at radius 1 is 1.03 bits per heavy atom. The topological polar surface area (TPSA) is 49.9 Å². The lowest BCUT2D eigenvalue weighted by atomic mass is 9.69. The molecule has 1 saturated carbocycles. The van der Waals surface area contributed by atoms with Crippen LogP contribution in [0.2, 0.25) is 35.7 Å². The largest absolute Gasteiger partial charge is 0.361 e. The number of piperidine rings is 1. The minimum atomic E-state index is -1.28. The molecule has 2 fully saturated rings. The normalized spacial score (nSPS) is 24.1. The van der Waals surface area contributed by atoms with Gasteiger partial charge in [0.15, 0.2) is 5.54 Å². The number of rotatable bonds is 8. The maximum absolute atomic E-state index is 14.7. The van der Waals surface area contributed by atoms with Crippen molar-refractivity contribution in [3.05, 3.63) is 63.6 Å². The zero-order chi connectivity index (χ0) is 25.7. The van der Waals surface area contributed by atoms with Crippen LogP contribution in [-0.4, -0.2) is 44.7 Å². The van der Waals surface area contributed by atoms with E-state index >= 15 is 0 Å². The number of ether oxygens (including phenoxy) is 1. The average Bonchev–Trinajstić information content (AvgIpc) is 3.60. The first-order valence-electron chi connectivity index (χ1n) is 12.9. The number of benzene rings is 2. The van der Waals surface area contributed by atoms with Crippen molar-refractivity contribution in [1.29, 1.82) is 0 Å². The van der Waals surface area contributed by atoms with Crippen LogP contribution in [-0.2, 0) is 19.9 Å². The predicted octanol–water partition coefficient (Wildman–Crippen LogP) is 6.66. The molecular formula is C28H34Cl2N2O3Si. The highest BCUT2D eigenvalue weighted by Gasteiger charge is 2.63. The van der Waals surface area contributed by atoms with E-state index < -0.39 is 13.6 Å². The van der Waals surface area contributed by atoms with Crippen molar-refractivity contribution in [2.24, 2.45) is 5.92 Å². The van der Waals surface area contributed by atoms with Crippen molar-refractivity contribution in [2.45, 2.75) is 62.8 Å². The molecule has 0 unspecified atom stereocenters. The summed E-state index contributed by atoms with van der Waals surface area (Å²) in [5, 5.41) is 1.18. The summed E-state index contributed by atoms with van der Waals surface area (Å²) in [6, 6.07) is 14.4. The van der Waals surface area contributed by atoms with E-state index in [0.717, 1.165) is 35.7 Å². The summed E-state index contributed by atoms with van der Waals surface area (Å²) in [6.45, 7) is 8.26.